The minimum absolute atomic E-state index is 0.127. The van der Waals surface area contributed by atoms with Gasteiger partial charge in [0, 0.05) is 14.2 Å². The summed E-state index contributed by atoms with van der Waals surface area (Å²) in [5.74, 6) is 0. The first-order valence-corrected chi connectivity index (χ1v) is 9.10. The Kier molecular flexibility index (Phi) is 4.66. The van der Waals surface area contributed by atoms with Crippen molar-refractivity contribution in [1.82, 2.24) is 18.3 Å². The molecular formula is C12H28N4O2Si. The van der Waals surface area contributed by atoms with Crippen molar-refractivity contribution < 1.29 is 9.47 Å². The molecule has 0 bridgehead atoms. The van der Waals surface area contributed by atoms with Crippen LogP contribution in [-0.4, -0.2) is 80.1 Å². The first-order valence-electron chi connectivity index (χ1n) is 7.31. The molecule has 0 radical (unpaired) electrons. The standard InChI is InChI=1S/C12H28N4O2Si/c1-7-13-11(17-5)14(8-2)19(13)15(9-3)12(18-6)16(19)10-4/h11-12H,7-10H2,1-6H3. The molecule has 0 aromatic rings. The number of ether oxygens (including phenoxy) is 2. The maximum Gasteiger partial charge on any atom is 0.389 e. The van der Waals surface area contributed by atoms with E-state index < -0.39 is 8.72 Å². The summed E-state index contributed by atoms with van der Waals surface area (Å²) in [6, 6.07) is 0. The first-order chi connectivity index (χ1) is 9.18. The van der Waals surface area contributed by atoms with Gasteiger partial charge in [0.15, 0.2) is 12.7 Å². The quantitative estimate of drug-likeness (QED) is 0.665. The van der Waals surface area contributed by atoms with Crippen molar-refractivity contribution in [3.63, 3.8) is 0 Å². The lowest BCUT2D eigenvalue weighted by Gasteiger charge is -2.76. The van der Waals surface area contributed by atoms with E-state index in [0.29, 0.717) is 0 Å². The highest BCUT2D eigenvalue weighted by molar-refractivity contribution is 6.73. The Hall–Kier alpha value is -0.0231. The number of rotatable bonds is 6. The van der Waals surface area contributed by atoms with Crippen LogP contribution in [0.25, 0.3) is 0 Å². The molecule has 112 valence electrons. The number of hydrogen-bond donors (Lipinski definition) is 0. The molecular weight excluding hydrogens is 260 g/mol. The van der Waals surface area contributed by atoms with Gasteiger partial charge in [0.05, 0.1) is 0 Å². The van der Waals surface area contributed by atoms with E-state index in [1.807, 2.05) is 0 Å². The Labute approximate surface area is 118 Å². The maximum absolute atomic E-state index is 5.67. The Balaban J connectivity index is 2.32. The van der Waals surface area contributed by atoms with Crippen molar-refractivity contribution in [3.05, 3.63) is 0 Å². The van der Waals surface area contributed by atoms with Gasteiger partial charge in [-0.1, -0.05) is 27.7 Å². The van der Waals surface area contributed by atoms with Gasteiger partial charge < -0.3 is 9.47 Å². The molecule has 2 rings (SSSR count). The summed E-state index contributed by atoms with van der Waals surface area (Å²) in [5, 5.41) is 0. The van der Waals surface area contributed by atoms with Crippen molar-refractivity contribution in [3.8, 4) is 0 Å². The number of methoxy groups -OCH3 is 2. The van der Waals surface area contributed by atoms with Gasteiger partial charge in [0.1, 0.15) is 0 Å². The molecule has 0 N–H and O–H groups in total. The number of hydrogen-bond acceptors (Lipinski definition) is 6. The van der Waals surface area contributed by atoms with Crippen LogP contribution in [0.5, 0.6) is 0 Å². The van der Waals surface area contributed by atoms with Crippen molar-refractivity contribution in [2.75, 3.05) is 40.4 Å². The van der Waals surface area contributed by atoms with Crippen LogP contribution in [-0.2, 0) is 9.47 Å². The van der Waals surface area contributed by atoms with Gasteiger partial charge in [-0.2, -0.15) is 0 Å². The van der Waals surface area contributed by atoms with Gasteiger partial charge in [-0.25, -0.2) is 18.3 Å². The summed E-state index contributed by atoms with van der Waals surface area (Å²) < 4.78 is 21.4. The fourth-order valence-electron chi connectivity index (χ4n) is 3.79. The fourth-order valence-corrected chi connectivity index (χ4v) is 9.29. The van der Waals surface area contributed by atoms with Crippen LogP contribution in [0, 0.1) is 0 Å². The summed E-state index contributed by atoms with van der Waals surface area (Å²) in [4.78, 5) is 0. The SMILES string of the molecule is CCN1C(OC)N(CC)[Si]12N(CC)C(OC)N2CC. The second-order valence-electron chi connectivity index (χ2n) is 4.87. The third kappa shape index (κ3) is 1.70. The van der Waals surface area contributed by atoms with Gasteiger partial charge in [0.2, 0.25) is 0 Å². The fraction of sp³-hybridized carbons (Fsp3) is 1.00. The van der Waals surface area contributed by atoms with E-state index in [2.05, 4.69) is 46.0 Å². The zero-order valence-electron chi connectivity index (χ0n) is 13.1. The largest absolute Gasteiger partial charge is 0.389 e. The highest BCUT2D eigenvalue weighted by Crippen LogP contribution is 2.46. The molecule has 2 heterocycles. The highest BCUT2D eigenvalue weighted by atomic mass is 28.4. The molecule has 0 aliphatic carbocycles. The van der Waals surface area contributed by atoms with Gasteiger partial charge in [-0.3, -0.25) is 0 Å². The minimum Gasteiger partial charge on any atom is -0.354 e. The van der Waals surface area contributed by atoms with Crippen LogP contribution in [0.4, 0.5) is 0 Å². The van der Waals surface area contributed by atoms with Gasteiger partial charge in [0.25, 0.3) is 0 Å². The lowest BCUT2D eigenvalue weighted by atomic mass is 10.6. The molecule has 19 heavy (non-hydrogen) atoms. The van der Waals surface area contributed by atoms with E-state index in [4.69, 9.17) is 9.47 Å². The summed E-state index contributed by atoms with van der Waals surface area (Å²) in [6.07, 6.45) is 0.255. The summed E-state index contributed by atoms with van der Waals surface area (Å²) in [6.45, 7) is 12.9. The molecule has 0 atom stereocenters. The molecule has 0 amide bonds. The molecule has 0 aromatic carbocycles. The van der Waals surface area contributed by atoms with Crippen LogP contribution in [0.1, 0.15) is 27.7 Å². The van der Waals surface area contributed by atoms with E-state index in [0.717, 1.165) is 26.2 Å². The van der Waals surface area contributed by atoms with E-state index in [9.17, 15) is 0 Å². The molecule has 2 aliphatic rings. The summed E-state index contributed by atoms with van der Waals surface area (Å²) in [5.41, 5.74) is 0. The van der Waals surface area contributed by atoms with Crippen LogP contribution in [0.2, 0.25) is 0 Å². The maximum atomic E-state index is 5.67. The minimum atomic E-state index is -1.89. The zero-order chi connectivity index (χ0) is 14.2. The number of nitrogens with zero attached hydrogens (tertiary/aromatic N) is 4. The molecule has 0 aromatic heterocycles. The third-order valence-corrected chi connectivity index (χ3v) is 9.62. The van der Waals surface area contributed by atoms with Gasteiger partial charge >= 0.3 is 8.72 Å². The van der Waals surface area contributed by atoms with E-state index >= 15 is 0 Å². The topological polar surface area (TPSA) is 31.4 Å². The van der Waals surface area contributed by atoms with Crippen molar-refractivity contribution >= 4 is 8.72 Å². The Morgan fingerprint density at radius 2 is 0.947 bits per heavy atom. The predicted molar refractivity (Wildman–Crippen MR) is 76.9 cm³/mol. The molecule has 0 saturated carbocycles. The lowest BCUT2D eigenvalue weighted by Crippen LogP contribution is -3.04. The first kappa shape index (κ1) is 15.4. The van der Waals surface area contributed by atoms with E-state index in [1.54, 1.807) is 14.2 Å². The van der Waals surface area contributed by atoms with Crippen LogP contribution in [0.15, 0.2) is 0 Å². The van der Waals surface area contributed by atoms with Crippen molar-refractivity contribution in [2.24, 2.45) is 0 Å². The van der Waals surface area contributed by atoms with Crippen molar-refractivity contribution in [1.29, 1.82) is 0 Å². The second kappa shape index (κ2) is 5.77. The summed E-state index contributed by atoms with van der Waals surface area (Å²) >= 11 is 0. The Bertz CT molecular complexity index is 263. The third-order valence-electron chi connectivity index (χ3n) is 4.39. The van der Waals surface area contributed by atoms with Gasteiger partial charge in [-0.15, -0.1) is 0 Å². The molecule has 7 heteroatoms. The summed E-state index contributed by atoms with van der Waals surface area (Å²) in [7, 11) is 1.71. The average Bonchev–Trinajstić information content (AvgIpc) is 2.38. The second-order valence-corrected chi connectivity index (χ2v) is 8.37. The Morgan fingerprint density at radius 1 is 0.684 bits per heavy atom. The van der Waals surface area contributed by atoms with Gasteiger partial charge in [-0.05, 0) is 26.2 Å². The monoisotopic (exact) mass is 288 g/mol. The zero-order valence-corrected chi connectivity index (χ0v) is 14.1. The van der Waals surface area contributed by atoms with Crippen LogP contribution >= 0.6 is 0 Å². The van der Waals surface area contributed by atoms with Crippen LogP contribution in [0.3, 0.4) is 0 Å². The Morgan fingerprint density at radius 3 is 1.11 bits per heavy atom. The van der Waals surface area contributed by atoms with E-state index in [-0.39, 0.29) is 12.7 Å². The molecule has 2 fully saturated rings. The normalized spacial score (nSPS) is 37.6. The lowest BCUT2D eigenvalue weighted by molar-refractivity contribution is -0.233. The average molecular weight is 288 g/mol. The molecule has 1 spiro atoms. The predicted octanol–water partition coefficient (Wildman–Crippen LogP) is 0.597. The van der Waals surface area contributed by atoms with Crippen molar-refractivity contribution in [2.45, 2.75) is 40.4 Å². The van der Waals surface area contributed by atoms with Crippen LogP contribution < -0.4 is 0 Å². The molecule has 0 unspecified atom stereocenters. The molecule has 6 nitrogen and oxygen atoms in total. The molecule has 2 aliphatic heterocycles. The highest BCUT2D eigenvalue weighted by Gasteiger charge is 2.76. The molecule has 2 saturated heterocycles. The smallest absolute Gasteiger partial charge is 0.354 e. The van der Waals surface area contributed by atoms with E-state index in [1.165, 1.54) is 0 Å².